The van der Waals surface area contributed by atoms with E-state index in [-0.39, 0.29) is 35.7 Å². The molecule has 0 spiro atoms. The summed E-state index contributed by atoms with van der Waals surface area (Å²) in [4.78, 5) is 37.4. The highest BCUT2D eigenvalue weighted by molar-refractivity contribution is 6.21. The molecule has 3 N–H and O–H groups in total. The number of imide groups is 1. The Morgan fingerprint density at radius 1 is 1.25 bits per heavy atom. The molecule has 0 bridgehead atoms. The molecule has 0 fully saturated rings. The highest BCUT2D eigenvalue weighted by Gasteiger charge is 2.34. The highest BCUT2D eigenvalue weighted by atomic mass is 35.5. The highest BCUT2D eigenvalue weighted by Crippen LogP contribution is 2.23. The molecule has 1 aromatic carbocycles. The molecule has 0 saturated carbocycles. The first-order chi connectivity index (χ1) is 10.7. The minimum atomic E-state index is -0.513. The van der Waals surface area contributed by atoms with Crippen LogP contribution in [-0.4, -0.2) is 41.8 Å². The second-order valence-electron chi connectivity index (χ2n) is 6.75. The molecule has 1 aromatic rings. The number of nitrogens with zero attached hydrogens (tertiary/aromatic N) is 1. The molecule has 0 aromatic heterocycles. The summed E-state index contributed by atoms with van der Waals surface area (Å²) in [5, 5.41) is 2.95. The van der Waals surface area contributed by atoms with Crippen molar-refractivity contribution < 1.29 is 14.4 Å². The van der Waals surface area contributed by atoms with Gasteiger partial charge in [-0.15, -0.1) is 12.4 Å². The molecule has 1 heterocycles. The standard InChI is InChI=1S/C17H23N3O3.ClH/c1-10(2)8-17(3,9-18)19-14(21)11-5-6-12-13(7-11)16(23)20(4)15(12)22;/h5-7,10H,8-9,18H2,1-4H3,(H,19,21);1H. The second-order valence-corrected chi connectivity index (χ2v) is 6.75. The maximum atomic E-state index is 12.5. The molecule has 6 nitrogen and oxygen atoms in total. The van der Waals surface area contributed by atoms with E-state index in [9.17, 15) is 14.4 Å². The van der Waals surface area contributed by atoms with E-state index in [0.29, 0.717) is 23.6 Å². The Bertz CT molecular complexity index is 675. The van der Waals surface area contributed by atoms with Crippen molar-refractivity contribution >= 4 is 30.1 Å². The first kappa shape index (κ1) is 20.1. The quantitative estimate of drug-likeness (QED) is 0.790. The summed E-state index contributed by atoms with van der Waals surface area (Å²) >= 11 is 0. The van der Waals surface area contributed by atoms with Crippen LogP contribution in [0.15, 0.2) is 18.2 Å². The number of halogens is 1. The number of hydrogen-bond donors (Lipinski definition) is 2. The lowest BCUT2D eigenvalue weighted by Crippen LogP contribution is -2.52. The van der Waals surface area contributed by atoms with E-state index in [1.54, 1.807) is 6.07 Å². The number of carbonyl (C=O) groups is 3. The van der Waals surface area contributed by atoms with Crippen LogP contribution in [0.5, 0.6) is 0 Å². The summed E-state index contributed by atoms with van der Waals surface area (Å²) in [6.07, 6.45) is 0.750. The third kappa shape index (κ3) is 3.76. The van der Waals surface area contributed by atoms with Gasteiger partial charge in [0.15, 0.2) is 0 Å². The van der Waals surface area contributed by atoms with E-state index >= 15 is 0 Å². The van der Waals surface area contributed by atoms with E-state index in [4.69, 9.17) is 5.73 Å². The molecule has 0 radical (unpaired) electrons. The summed E-state index contributed by atoms with van der Waals surface area (Å²) in [7, 11) is 1.43. The Balaban J connectivity index is 0.00000288. The smallest absolute Gasteiger partial charge is 0.261 e. The fourth-order valence-corrected chi connectivity index (χ4v) is 2.94. The topological polar surface area (TPSA) is 92.5 Å². The predicted octanol–water partition coefficient (Wildman–Crippen LogP) is 1.83. The van der Waals surface area contributed by atoms with Crippen LogP contribution < -0.4 is 11.1 Å². The maximum Gasteiger partial charge on any atom is 0.261 e. The van der Waals surface area contributed by atoms with Crippen molar-refractivity contribution in [3.8, 4) is 0 Å². The van der Waals surface area contributed by atoms with Crippen LogP contribution in [0.3, 0.4) is 0 Å². The van der Waals surface area contributed by atoms with Gasteiger partial charge in [-0.2, -0.15) is 0 Å². The summed E-state index contributed by atoms with van der Waals surface area (Å²) in [5.74, 6) is -0.639. The fraction of sp³-hybridized carbons (Fsp3) is 0.471. The number of carbonyl (C=O) groups excluding carboxylic acids is 3. The Morgan fingerprint density at radius 2 is 1.83 bits per heavy atom. The Kier molecular flexibility index (Phi) is 6.14. The number of nitrogens with one attached hydrogen (secondary N) is 1. The SMILES string of the molecule is CC(C)CC(C)(CN)NC(=O)c1ccc2c(c1)C(=O)N(C)C2=O.Cl. The number of nitrogens with two attached hydrogens (primary N) is 1. The largest absolute Gasteiger partial charge is 0.346 e. The monoisotopic (exact) mass is 353 g/mol. The van der Waals surface area contributed by atoms with Crippen LogP contribution in [0, 0.1) is 5.92 Å². The molecule has 7 heteroatoms. The lowest BCUT2D eigenvalue weighted by molar-refractivity contribution is 0.0692. The van der Waals surface area contributed by atoms with Gasteiger partial charge in [0.05, 0.1) is 11.1 Å². The van der Waals surface area contributed by atoms with Gasteiger partial charge in [0, 0.05) is 24.7 Å². The molecular weight excluding hydrogens is 330 g/mol. The molecule has 1 aliphatic heterocycles. The van der Waals surface area contributed by atoms with Crippen molar-refractivity contribution in [2.75, 3.05) is 13.6 Å². The molecule has 2 rings (SSSR count). The van der Waals surface area contributed by atoms with Crippen molar-refractivity contribution in [1.29, 1.82) is 0 Å². The number of fused-ring (bicyclic) bond motifs is 1. The van der Waals surface area contributed by atoms with Gasteiger partial charge in [-0.05, 0) is 37.5 Å². The average Bonchev–Trinajstić information content (AvgIpc) is 2.71. The van der Waals surface area contributed by atoms with Gasteiger partial charge in [0.1, 0.15) is 0 Å². The van der Waals surface area contributed by atoms with E-state index in [2.05, 4.69) is 19.2 Å². The Hall–Kier alpha value is -1.92. The summed E-state index contributed by atoms with van der Waals surface area (Å²) < 4.78 is 0. The van der Waals surface area contributed by atoms with Crippen molar-refractivity contribution in [3.05, 3.63) is 34.9 Å². The third-order valence-corrected chi connectivity index (χ3v) is 4.08. The van der Waals surface area contributed by atoms with Crippen LogP contribution in [-0.2, 0) is 0 Å². The lowest BCUT2D eigenvalue weighted by Gasteiger charge is -2.31. The molecule has 1 atom stereocenters. The van der Waals surface area contributed by atoms with Crippen molar-refractivity contribution in [3.63, 3.8) is 0 Å². The zero-order chi connectivity index (χ0) is 17.4. The van der Waals surface area contributed by atoms with Gasteiger partial charge in [0.2, 0.25) is 0 Å². The van der Waals surface area contributed by atoms with Gasteiger partial charge in [-0.1, -0.05) is 13.8 Å². The Morgan fingerprint density at radius 3 is 2.38 bits per heavy atom. The summed E-state index contributed by atoms with van der Waals surface area (Å²) in [5.41, 5.74) is 6.25. The minimum absolute atomic E-state index is 0. The summed E-state index contributed by atoms with van der Waals surface area (Å²) in [6.45, 7) is 6.36. The van der Waals surface area contributed by atoms with E-state index in [1.807, 2.05) is 6.92 Å². The molecule has 1 aliphatic rings. The van der Waals surface area contributed by atoms with Crippen molar-refractivity contribution in [2.45, 2.75) is 32.7 Å². The number of hydrogen-bond acceptors (Lipinski definition) is 4. The van der Waals surface area contributed by atoms with Crippen LogP contribution in [0.2, 0.25) is 0 Å². The van der Waals surface area contributed by atoms with Gasteiger partial charge < -0.3 is 11.1 Å². The number of rotatable bonds is 5. The maximum absolute atomic E-state index is 12.5. The van der Waals surface area contributed by atoms with Gasteiger partial charge in [0.25, 0.3) is 17.7 Å². The van der Waals surface area contributed by atoms with Crippen molar-refractivity contribution in [1.82, 2.24) is 10.2 Å². The van der Waals surface area contributed by atoms with Gasteiger partial charge in [-0.3, -0.25) is 19.3 Å². The third-order valence-electron chi connectivity index (χ3n) is 4.08. The predicted molar refractivity (Wildman–Crippen MR) is 94.5 cm³/mol. The first-order valence-corrected chi connectivity index (χ1v) is 7.67. The minimum Gasteiger partial charge on any atom is -0.346 e. The van der Waals surface area contributed by atoms with Gasteiger partial charge >= 0.3 is 0 Å². The molecule has 24 heavy (non-hydrogen) atoms. The zero-order valence-electron chi connectivity index (χ0n) is 14.4. The number of benzene rings is 1. The average molecular weight is 354 g/mol. The van der Waals surface area contributed by atoms with Crippen LogP contribution >= 0.6 is 12.4 Å². The molecule has 1 unspecified atom stereocenters. The molecule has 132 valence electrons. The molecule has 0 saturated heterocycles. The number of amides is 3. The molecular formula is C17H24ClN3O3. The van der Waals surface area contributed by atoms with Crippen LogP contribution in [0.25, 0.3) is 0 Å². The van der Waals surface area contributed by atoms with Crippen LogP contribution in [0.1, 0.15) is 58.3 Å². The van der Waals surface area contributed by atoms with E-state index in [1.165, 1.54) is 19.2 Å². The lowest BCUT2D eigenvalue weighted by atomic mass is 9.90. The fourth-order valence-electron chi connectivity index (χ4n) is 2.94. The summed E-state index contributed by atoms with van der Waals surface area (Å²) in [6, 6.07) is 4.56. The normalized spacial score (nSPS) is 15.8. The van der Waals surface area contributed by atoms with E-state index < -0.39 is 5.54 Å². The zero-order valence-corrected chi connectivity index (χ0v) is 15.2. The van der Waals surface area contributed by atoms with Crippen molar-refractivity contribution in [2.24, 2.45) is 11.7 Å². The van der Waals surface area contributed by atoms with E-state index in [0.717, 1.165) is 11.3 Å². The van der Waals surface area contributed by atoms with Crippen LogP contribution in [0.4, 0.5) is 0 Å². The molecule has 3 amide bonds. The molecule has 0 aliphatic carbocycles. The second kappa shape index (κ2) is 7.32. The first-order valence-electron chi connectivity index (χ1n) is 7.67. The Labute approximate surface area is 148 Å². The van der Waals surface area contributed by atoms with Gasteiger partial charge in [-0.25, -0.2) is 0 Å².